The summed E-state index contributed by atoms with van der Waals surface area (Å²) in [6.07, 6.45) is 3.28. The summed E-state index contributed by atoms with van der Waals surface area (Å²) in [7, 11) is 3.93. The molecule has 0 saturated carbocycles. The first-order valence-electron chi connectivity index (χ1n) is 6.04. The highest BCUT2D eigenvalue weighted by atomic mass is 16.5. The van der Waals surface area contributed by atoms with Crippen molar-refractivity contribution in [3.05, 3.63) is 40.5 Å². The Hall–Kier alpha value is -1.62. The van der Waals surface area contributed by atoms with Crippen LogP contribution in [-0.4, -0.2) is 35.3 Å². The Morgan fingerprint density at radius 3 is 2.83 bits per heavy atom. The van der Waals surface area contributed by atoms with Crippen molar-refractivity contribution in [3.8, 4) is 0 Å². The summed E-state index contributed by atoms with van der Waals surface area (Å²) in [4.78, 5) is 13.7. The van der Waals surface area contributed by atoms with Crippen LogP contribution < -0.4 is 5.56 Å². The molecule has 0 aromatic carbocycles. The molecule has 1 rings (SSSR count). The number of ether oxygens (including phenoxy) is 1. The standard InChI is InChI=1S/C13H21N3O2/c1-5-10-18-11(2)12-6-7-13(17)16(14-12)9-8-15(3)4/h5-7,10-11H,8-9H2,1-4H3/b10-5-. The SMILES string of the molecule is C/C=C\OC(C)c1ccc(=O)n(CCN(C)C)n1. The lowest BCUT2D eigenvalue weighted by Crippen LogP contribution is -2.29. The van der Waals surface area contributed by atoms with Crippen molar-refractivity contribution in [1.29, 1.82) is 0 Å². The first-order chi connectivity index (χ1) is 8.54. The lowest BCUT2D eigenvalue weighted by atomic mass is 10.3. The van der Waals surface area contributed by atoms with Gasteiger partial charge in [0.15, 0.2) is 0 Å². The molecule has 0 spiro atoms. The third-order valence-electron chi connectivity index (χ3n) is 2.48. The van der Waals surface area contributed by atoms with Gasteiger partial charge < -0.3 is 9.64 Å². The van der Waals surface area contributed by atoms with Crippen LogP contribution in [0.1, 0.15) is 25.6 Å². The molecule has 0 fully saturated rings. The van der Waals surface area contributed by atoms with E-state index in [1.807, 2.05) is 38.9 Å². The second-order valence-electron chi connectivity index (χ2n) is 4.37. The number of hydrogen-bond donors (Lipinski definition) is 0. The smallest absolute Gasteiger partial charge is 0.266 e. The monoisotopic (exact) mass is 251 g/mol. The van der Waals surface area contributed by atoms with Crippen LogP contribution in [0.25, 0.3) is 0 Å². The summed E-state index contributed by atoms with van der Waals surface area (Å²) < 4.78 is 6.91. The average Bonchev–Trinajstić information content (AvgIpc) is 2.34. The largest absolute Gasteiger partial charge is 0.492 e. The van der Waals surface area contributed by atoms with Crippen LogP contribution in [0.5, 0.6) is 0 Å². The fraction of sp³-hybridized carbons (Fsp3) is 0.538. The highest BCUT2D eigenvalue weighted by Gasteiger charge is 2.08. The number of nitrogens with zero attached hydrogens (tertiary/aromatic N) is 3. The quantitative estimate of drug-likeness (QED) is 0.717. The van der Waals surface area contributed by atoms with Crippen LogP contribution in [0.2, 0.25) is 0 Å². The number of aromatic nitrogens is 2. The summed E-state index contributed by atoms with van der Waals surface area (Å²) >= 11 is 0. The molecule has 0 radical (unpaired) electrons. The van der Waals surface area contributed by atoms with Crippen LogP contribution in [0.4, 0.5) is 0 Å². The molecule has 1 aromatic heterocycles. The van der Waals surface area contributed by atoms with Gasteiger partial charge in [0.1, 0.15) is 11.8 Å². The van der Waals surface area contributed by atoms with Crippen molar-refractivity contribution in [2.75, 3.05) is 20.6 Å². The number of rotatable bonds is 6. The van der Waals surface area contributed by atoms with E-state index >= 15 is 0 Å². The average molecular weight is 251 g/mol. The van der Waals surface area contributed by atoms with Gasteiger partial charge >= 0.3 is 0 Å². The summed E-state index contributed by atoms with van der Waals surface area (Å²) in [6, 6.07) is 3.25. The zero-order valence-corrected chi connectivity index (χ0v) is 11.5. The first kappa shape index (κ1) is 14.4. The van der Waals surface area contributed by atoms with Gasteiger partial charge in [-0.05, 0) is 34.0 Å². The minimum absolute atomic E-state index is 0.0844. The van der Waals surface area contributed by atoms with Crippen molar-refractivity contribution in [2.45, 2.75) is 26.5 Å². The Morgan fingerprint density at radius 1 is 1.50 bits per heavy atom. The van der Waals surface area contributed by atoms with Crippen LogP contribution in [0.3, 0.4) is 0 Å². The van der Waals surface area contributed by atoms with Gasteiger partial charge in [0.2, 0.25) is 0 Å². The Balaban J connectivity index is 2.82. The molecular formula is C13H21N3O2. The maximum atomic E-state index is 11.6. The fourth-order valence-corrected chi connectivity index (χ4v) is 1.40. The molecule has 0 amide bonds. The molecule has 0 N–H and O–H groups in total. The highest BCUT2D eigenvalue weighted by Crippen LogP contribution is 2.12. The topological polar surface area (TPSA) is 47.4 Å². The third kappa shape index (κ3) is 4.33. The van der Waals surface area contributed by atoms with Crippen molar-refractivity contribution >= 4 is 0 Å². The molecule has 0 aliphatic rings. The van der Waals surface area contributed by atoms with Gasteiger partial charge in [0.25, 0.3) is 5.56 Å². The van der Waals surface area contributed by atoms with Gasteiger partial charge in [-0.25, -0.2) is 4.68 Å². The Morgan fingerprint density at radius 2 is 2.22 bits per heavy atom. The first-order valence-corrected chi connectivity index (χ1v) is 6.04. The Kier molecular flexibility index (Phi) is 5.58. The van der Waals surface area contributed by atoms with E-state index in [0.717, 1.165) is 12.2 Å². The van der Waals surface area contributed by atoms with Gasteiger partial charge in [-0.1, -0.05) is 6.08 Å². The van der Waals surface area contributed by atoms with Gasteiger partial charge in [0.05, 0.1) is 12.8 Å². The summed E-state index contributed by atoms with van der Waals surface area (Å²) in [6.45, 7) is 5.15. The molecule has 1 atom stereocenters. The normalized spacial score (nSPS) is 13.2. The summed E-state index contributed by atoms with van der Waals surface area (Å²) in [5.74, 6) is 0. The van der Waals surface area contributed by atoms with Crippen molar-refractivity contribution < 1.29 is 4.74 Å². The van der Waals surface area contributed by atoms with E-state index in [2.05, 4.69) is 5.10 Å². The predicted molar refractivity (Wildman–Crippen MR) is 71.4 cm³/mol. The van der Waals surface area contributed by atoms with Gasteiger partial charge in [-0.2, -0.15) is 5.10 Å². The van der Waals surface area contributed by atoms with E-state index in [9.17, 15) is 4.79 Å². The zero-order valence-electron chi connectivity index (χ0n) is 11.5. The number of allylic oxidation sites excluding steroid dienone is 1. The van der Waals surface area contributed by atoms with E-state index in [1.165, 1.54) is 10.7 Å². The number of hydrogen-bond acceptors (Lipinski definition) is 4. The Labute approximate surface area is 108 Å². The van der Waals surface area contributed by atoms with Crippen LogP contribution >= 0.6 is 0 Å². The molecule has 18 heavy (non-hydrogen) atoms. The van der Waals surface area contributed by atoms with Crippen molar-refractivity contribution in [3.63, 3.8) is 0 Å². The maximum absolute atomic E-state index is 11.6. The second-order valence-corrected chi connectivity index (χ2v) is 4.37. The molecule has 0 aliphatic heterocycles. The molecular weight excluding hydrogens is 230 g/mol. The summed E-state index contributed by atoms with van der Waals surface area (Å²) in [5, 5.41) is 4.32. The van der Waals surface area contributed by atoms with E-state index in [4.69, 9.17) is 4.74 Å². The minimum atomic E-state index is -0.160. The molecule has 5 nitrogen and oxygen atoms in total. The third-order valence-corrected chi connectivity index (χ3v) is 2.48. The van der Waals surface area contributed by atoms with Gasteiger partial charge in [0, 0.05) is 12.6 Å². The highest BCUT2D eigenvalue weighted by molar-refractivity contribution is 5.03. The molecule has 0 bridgehead atoms. The molecule has 5 heteroatoms. The predicted octanol–water partition coefficient (Wildman–Crippen LogP) is 1.42. The molecule has 0 aliphatic carbocycles. The van der Waals surface area contributed by atoms with Crippen LogP contribution in [0, 0.1) is 0 Å². The fourth-order valence-electron chi connectivity index (χ4n) is 1.40. The minimum Gasteiger partial charge on any atom is -0.492 e. The molecule has 1 unspecified atom stereocenters. The second kappa shape index (κ2) is 6.96. The molecule has 1 aromatic rings. The van der Waals surface area contributed by atoms with E-state index in [-0.39, 0.29) is 11.7 Å². The Bertz CT molecular complexity index is 452. The molecule has 1 heterocycles. The van der Waals surface area contributed by atoms with Gasteiger partial charge in [-0.15, -0.1) is 0 Å². The molecule has 100 valence electrons. The van der Waals surface area contributed by atoms with E-state index < -0.39 is 0 Å². The van der Waals surface area contributed by atoms with Crippen molar-refractivity contribution in [2.24, 2.45) is 0 Å². The van der Waals surface area contributed by atoms with Gasteiger partial charge in [-0.3, -0.25) is 4.79 Å². The maximum Gasteiger partial charge on any atom is 0.266 e. The summed E-state index contributed by atoms with van der Waals surface area (Å²) in [5.41, 5.74) is 0.672. The molecule has 0 saturated heterocycles. The lowest BCUT2D eigenvalue weighted by molar-refractivity contribution is 0.157. The van der Waals surface area contributed by atoms with E-state index in [1.54, 1.807) is 12.3 Å². The number of likely N-dealkylation sites (N-methyl/N-ethyl adjacent to an activating group) is 1. The van der Waals surface area contributed by atoms with E-state index in [0.29, 0.717) is 6.54 Å². The zero-order chi connectivity index (χ0) is 13.5. The van der Waals surface area contributed by atoms with Crippen LogP contribution in [0.15, 0.2) is 29.3 Å². The lowest BCUT2D eigenvalue weighted by Gasteiger charge is -2.14. The van der Waals surface area contributed by atoms with Crippen LogP contribution in [-0.2, 0) is 11.3 Å². The van der Waals surface area contributed by atoms with Crippen molar-refractivity contribution in [1.82, 2.24) is 14.7 Å².